The Bertz CT molecular complexity index is 1800. The molecular formula is C39H47F4N3O4. The highest BCUT2D eigenvalue weighted by Gasteiger charge is 2.36. The van der Waals surface area contributed by atoms with Gasteiger partial charge in [0, 0.05) is 24.4 Å². The van der Waals surface area contributed by atoms with Crippen LogP contribution in [-0.2, 0) is 28.6 Å². The highest BCUT2D eigenvalue weighted by Crippen LogP contribution is 2.43. The molecule has 2 N–H and O–H groups in total. The van der Waals surface area contributed by atoms with Crippen molar-refractivity contribution >= 4 is 11.9 Å². The van der Waals surface area contributed by atoms with Crippen LogP contribution in [0.5, 0.6) is 0 Å². The van der Waals surface area contributed by atoms with Crippen LogP contribution in [0.3, 0.4) is 0 Å². The molecule has 5 rings (SSSR count). The average molecular weight is 698 g/mol. The molecule has 11 heteroatoms. The smallest absolute Gasteiger partial charge is 0.416 e. The number of hydrogen-bond donors (Lipinski definition) is 2. The van der Waals surface area contributed by atoms with Crippen LogP contribution < -0.4 is 10.9 Å². The number of nitrogens with one attached hydrogen (secondary N) is 1. The van der Waals surface area contributed by atoms with E-state index in [1.165, 1.54) is 11.1 Å². The van der Waals surface area contributed by atoms with Crippen molar-refractivity contribution in [1.82, 2.24) is 14.8 Å². The Morgan fingerprint density at radius 2 is 1.66 bits per heavy atom. The molecule has 0 unspecified atom stereocenters. The number of carbonyl (C=O) groups is 2. The lowest BCUT2D eigenvalue weighted by Crippen LogP contribution is -2.40. The van der Waals surface area contributed by atoms with Gasteiger partial charge in [-0.1, -0.05) is 37.8 Å². The highest BCUT2D eigenvalue weighted by molar-refractivity contribution is 5.82. The second kappa shape index (κ2) is 15.5. The van der Waals surface area contributed by atoms with Gasteiger partial charge in [0.05, 0.1) is 18.0 Å². The first-order valence-electron chi connectivity index (χ1n) is 17.6. The van der Waals surface area contributed by atoms with Crippen molar-refractivity contribution in [1.29, 1.82) is 0 Å². The summed E-state index contributed by atoms with van der Waals surface area (Å²) in [7, 11) is 3.45. The van der Waals surface area contributed by atoms with Gasteiger partial charge in [-0.3, -0.25) is 14.4 Å². The number of nitrogens with zero attached hydrogens (tertiary/aromatic N) is 2. The number of likely N-dealkylation sites (N-methyl/N-ethyl adjacent to an activating group) is 1. The van der Waals surface area contributed by atoms with E-state index in [-0.39, 0.29) is 30.5 Å². The van der Waals surface area contributed by atoms with Gasteiger partial charge >= 0.3 is 12.1 Å². The molecule has 1 aliphatic carbocycles. The maximum Gasteiger partial charge on any atom is 0.416 e. The molecule has 1 aliphatic heterocycles. The second-order valence-corrected chi connectivity index (χ2v) is 14.3. The van der Waals surface area contributed by atoms with E-state index < -0.39 is 53.5 Å². The van der Waals surface area contributed by atoms with Gasteiger partial charge in [-0.25, -0.2) is 4.39 Å². The van der Waals surface area contributed by atoms with Crippen LogP contribution in [0.4, 0.5) is 17.6 Å². The zero-order valence-electron chi connectivity index (χ0n) is 29.3. The van der Waals surface area contributed by atoms with Crippen molar-refractivity contribution in [2.45, 2.75) is 109 Å². The summed E-state index contributed by atoms with van der Waals surface area (Å²) >= 11 is 0. The van der Waals surface area contributed by atoms with Crippen molar-refractivity contribution in [3.05, 3.63) is 91.6 Å². The molecule has 1 amide bonds. The Kier molecular flexibility index (Phi) is 11.5. The predicted molar refractivity (Wildman–Crippen MR) is 185 cm³/mol. The second-order valence-electron chi connectivity index (χ2n) is 14.3. The van der Waals surface area contributed by atoms with Crippen LogP contribution in [0.2, 0.25) is 0 Å². The standard InChI is InChI=1S/C39H47F4N3O4/c1-23-16-28(25-12-13-25)18-26-10-8-6-5-7-9-11-33(46-22-27(14-15-45(3)4)31(20-34(46)47)39(41,42)43)38(50)44-32(21-35(48)49)30-19-29(36(23)26)17-24(2)37(30)40/h16-20,22,25,32-33H,5-15,21H2,1-4H3,(H,44,50)(H,48,49)/t32-,33-/m0/s1. The summed E-state index contributed by atoms with van der Waals surface area (Å²) in [6.45, 7) is 3.92. The summed E-state index contributed by atoms with van der Waals surface area (Å²) in [6, 6.07) is 5.81. The lowest BCUT2D eigenvalue weighted by molar-refractivity contribution is -0.139. The summed E-state index contributed by atoms with van der Waals surface area (Å²) in [5.74, 6) is -2.12. The molecule has 2 aromatic carbocycles. The minimum atomic E-state index is -4.77. The van der Waals surface area contributed by atoms with Gasteiger partial charge in [-0.05, 0) is 123 Å². The molecule has 0 spiro atoms. The maximum atomic E-state index is 16.0. The number of halogens is 4. The Balaban J connectivity index is 1.62. The molecule has 2 bridgehead atoms. The van der Waals surface area contributed by atoms with E-state index in [0.717, 1.165) is 72.4 Å². The van der Waals surface area contributed by atoms with E-state index in [2.05, 4.69) is 17.4 Å². The van der Waals surface area contributed by atoms with Gasteiger partial charge in [0.25, 0.3) is 5.56 Å². The third-order valence-electron chi connectivity index (χ3n) is 9.99. The number of benzene rings is 2. The van der Waals surface area contributed by atoms with Gasteiger partial charge in [0.2, 0.25) is 5.91 Å². The van der Waals surface area contributed by atoms with Crippen LogP contribution >= 0.6 is 0 Å². The zero-order chi connectivity index (χ0) is 36.3. The summed E-state index contributed by atoms with van der Waals surface area (Å²) in [6.07, 6.45) is 2.89. The number of alkyl halides is 3. The number of aromatic nitrogens is 1. The topological polar surface area (TPSA) is 91.6 Å². The van der Waals surface area contributed by atoms with Crippen LogP contribution in [0, 0.1) is 19.7 Å². The number of hydrogen-bond acceptors (Lipinski definition) is 4. The largest absolute Gasteiger partial charge is 0.481 e. The Hall–Kier alpha value is -3.99. The van der Waals surface area contributed by atoms with E-state index >= 15 is 4.39 Å². The summed E-state index contributed by atoms with van der Waals surface area (Å²) < 4.78 is 59.1. The van der Waals surface area contributed by atoms with Crippen molar-refractivity contribution in [2.24, 2.45) is 0 Å². The molecule has 0 saturated heterocycles. The van der Waals surface area contributed by atoms with Gasteiger partial charge < -0.3 is 19.9 Å². The number of carboxylic acid groups (broad SMARTS) is 1. The minimum Gasteiger partial charge on any atom is -0.481 e. The molecule has 2 aliphatic rings. The van der Waals surface area contributed by atoms with Crippen molar-refractivity contribution in [3.63, 3.8) is 0 Å². The number of amides is 1. The molecule has 1 aromatic heterocycles. The third kappa shape index (κ3) is 8.83. The molecule has 1 fully saturated rings. The van der Waals surface area contributed by atoms with Crippen molar-refractivity contribution in [2.75, 3.05) is 20.6 Å². The monoisotopic (exact) mass is 697 g/mol. The minimum absolute atomic E-state index is 0.00431. The molecule has 2 atom stereocenters. The predicted octanol–water partition coefficient (Wildman–Crippen LogP) is 8.04. The summed E-state index contributed by atoms with van der Waals surface area (Å²) in [5, 5.41) is 12.6. The first-order chi connectivity index (χ1) is 23.6. The molecule has 0 radical (unpaired) electrons. The number of carbonyl (C=O) groups excluding carboxylic acids is 1. The Morgan fingerprint density at radius 3 is 2.32 bits per heavy atom. The normalized spacial score (nSPS) is 19.3. The van der Waals surface area contributed by atoms with Crippen molar-refractivity contribution < 1.29 is 32.3 Å². The van der Waals surface area contributed by atoms with Crippen molar-refractivity contribution in [3.8, 4) is 11.1 Å². The van der Waals surface area contributed by atoms with E-state index in [0.29, 0.717) is 24.0 Å². The summed E-state index contributed by atoms with van der Waals surface area (Å²) in [5.41, 5.74) is 3.36. The number of rotatable bonds is 7. The molecule has 7 nitrogen and oxygen atoms in total. The van der Waals surface area contributed by atoms with Gasteiger partial charge in [-0.15, -0.1) is 0 Å². The molecule has 50 heavy (non-hydrogen) atoms. The molecule has 1 saturated carbocycles. The number of pyridine rings is 1. The number of fused-ring (bicyclic) bond motifs is 4. The molecule has 270 valence electrons. The van der Waals surface area contributed by atoms with Gasteiger partial charge in [0.1, 0.15) is 11.9 Å². The van der Waals surface area contributed by atoms with E-state index in [1.807, 2.05) is 6.92 Å². The van der Waals surface area contributed by atoms with Crippen LogP contribution in [-0.4, -0.2) is 47.1 Å². The van der Waals surface area contributed by atoms with E-state index in [9.17, 15) is 32.7 Å². The molecule has 2 heterocycles. The first-order valence-corrected chi connectivity index (χ1v) is 17.6. The Morgan fingerprint density at radius 1 is 0.960 bits per heavy atom. The fourth-order valence-corrected chi connectivity index (χ4v) is 7.25. The first kappa shape index (κ1) is 37.3. The zero-order valence-corrected chi connectivity index (χ0v) is 29.3. The van der Waals surface area contributed by atoms with E-state index in [4.69, 9.17) is 0 Å². The highest BCUT2D eigenvalue weighted by atomic mass is 19.4. The number of aryl methyl sites for hydroxylation is 3. The van der Waals surface area contributed by atoms with E-state index in [1.54, 1.807) is 38.1 Å². The lowest BCUT2D eigenvalue weighted by Gasteiger charge is -2.26. The van der Waals surface area contributed by atoms with Gasteiger partial charge in [0.15, 0.2) is 0 Å². The lowest BCUT2D eigenvalue weighted by atomic mass is 9.86. The average Bonchev–Trinajstić information content (AvgIpc) is 3.87. The summed E-state index contributed by atoms with van der Waals surface area (Å²) in [4.78, 5) is 41.3. The molecule has 3 aromatic rings. The third-order valence-corrected chi connectivity index (χ3v) is 9.99. The van der Waals surface area contributed by atoms with Crippen LogP contribution in [0.25, 0.3) is 11.1 Å². The Labute approximate surface area is 290 Å². The maximum absolute atomic E-state index is 16.0. The van der Waals surface area contributed by atoms with Gasteiger partial charge in [-0.2, -0.15) is 13.2 Å². The fourth-order valence-electron chi connectivity index (χ4n) is 7.25. The number of aliphatic carboxylic acids is 1. The SMILES string of the molecule is Cc1cc2cc(c1F)[C@H](CC(=O)O)NC(=O)[C@@H](n1cc(CCN(C)C)c(C(F)(F)F)cc1=O)CCCCCCCc1cc(C3CC3)cc(C)c1-2. The van der Waals surface area contributed by atoms with Crippen LogP contribution in [0.15, 0.2) is 41.3 Å². The number of carboxylic acids is 1. The quantitative estimate of drug-likeness (QED) is 0.244. The van der Waals surface area contributed by atoms with Crippen LogP contribution in [0.1, 0.15) is 115 Å². The molecular weight excluding hydrogens is 650 g/mol. The fraction of sp³-hybridized carbons (Fsp3) is 0.513.